The third-order valence-electron chi connectivity index (χ3n) is 3.25. The highest BCUT2D eigenvalue weighted by atomic mass is 16.4. The minimum atomic E-state index is -1.00. The molecule has 0 radical (unpaired) electrons. The molecule has 0 saturated heterocycles. The van der Waals surface area contributed by atoms with E-state index >= 15 is 0 Å². The minimum absolute atomic E-state index is 0.101. The first kappa shape index (κ1) is 17.0. The van der Waals surface area contributed by atoms with Gasteiger partial charge in [0.05, 0.1) is 5.56 Å². The maximum absolute atomic E-state index is 12.3. The number of urea groups is 1. The molecule has 1 aromatic rings. The van der Waals surface area contributed by atoms with E-state index in [1.54, 1.807) is 17.0 Å². The molecule has 0 aliphatic carbocycles. The molecule has 0 saturated carbocycles. The molecule has 0 fully saturated rings. The van der Waals surface area contributed by atoms with Crippen molar-refractivity contribution < 1.29 is 14.7 Å². The summed E-state index contributed by atoms with van der Waals surface area (Å²) in [7, 11) is 0. The first-order chi connectivity index (χ1) is 9.95. The second-order valence-electron chi connectivity index (χ2n) is 5.31. The Bertz CT molecular complexity index is 486. The molecule has 0 aliphatic rings. The second-order valence-corrected chi connectivity index (χ2v) is 5.31. The van der Waals surface area contributed by atoms with Gasteiger partial charge in [-0.2, -0.15) is 0 Å². The van der Waals surface area contributed by atoms with Crippen molar-refractivity contribution in [3.8, 4) is 0 Å². The van der Waals surface area contributed by atoms with Crippen molar-refractivity contribution in [1.29, 1.82) is 0 Å². The zero-order chi connectivity index (χ0) is 15.8. The predicted molar refractivity (Wildman–Crippen MR) is 83.8 cm³/mol. The van der Waals surface area contributed by atoms with Gasteiger partial charge in [-0.05, 0) is 38.5 Å². The molecule has 0 heterocycles. The number of aromatic carboxylic acids is 1. The van der Waals surface area contributed by atoms with Crippen LogP contribution in [0.1, 0.15) is 50.4 Å². The quantitative estimate of drug-likeness (QED) is 0.751. The number of amides is 2. The molecule has 2 amide bonds. The van der Waals surface area contributed by atoms with Gasteiger partial charge in [0, 0.05) is 18.3 Å². The number of anilines is 1. The van der Waals surface area contributed by atoms with Crippen LogP contribution in [0.3, 0.4) is 0 Å². The number of hydrogen-bond acceptors (Lipinski definition) is 2. The van der Waals surface area contributed by atoms with Gasteiger partial charge in [-0.15, -0.1) is 0 Å². The Morgan fingerprint density at radius 2 is 2.00 bits per heavy atom. The Balaban J connectivity index is 2.72. The summed E-state index contributed by atoms with van der Waals surface area (Å²) in [4.78, 5) is 25.0. The van der Waals surface area contributed by atoms with Crippen LogP contribution in [-0.4, -0.2) is 34.6 Å². The summed E-state index contributed by atoms with van der Waals surface area (Å²) in [6.45, 7) is 6.77. The SMILES string of the molecule is CCCCCN(C(=O)Nc1cccc(C(=O)O)c1)C(C)C. The molecule has 5 heteroatoms. The summed E-state index contributed by atoms with van der Waals surface area (Å²) in [5.74, 6) is -1.00. The number of carboxylic acid groups (broad SMARTS) is 1. The fraction of sp³-hybridized carbons (Fsp3) is 0.500. The number of carboxylic acids is 1. The largest absolute Gasteiger partial charge is 0.478 e. The molecule has 1 rings (SSSR count). The normalized spacial score (nSPS) is 10.5. The summed E-state index contributed by atoms with van der Waals surface area (Å²) in [6, 6.07) is 6.18. The van der Waals surface area contributed by atoms with Crippen LogP contribution in [0, 0.1) is 0 Å². The lowest BCUT2D eigenvalue weighted by Crippen LogP contribution is -2.40. The highest BCUT2D eigenvalue weighted by Gasteiger charge is 2.16. The number of carbonyl (C=O) groups excluding carboxylic acids is 1. The van der Waals surface area contributed by atoms with Gasteiger partial charge >= 0.3 is 12.0 Å². The van der Waals surface area contributed by atoms with Gasteiger partial charge in [-0.3, -0.25) is 0 Å². The molecular formula is C16H24N2O3. The van der Waals surface area contributed by atoms with Crippen LogP contribution in [0.2, 0.25) is 0 Å². The molecule has 2 N–H and O–H groups in total. The van der Waals surface area contributed by atoms with Crippen molar-refractivity contribution in [2.45, 2.75) is 46.1 Å². The number of benzene rings is 1. The number of unbranched alkanes of at least 4 members (excludes halogenated alkanes) is 2. The number of nitrogens with one attached hydrogen (secondary N) is 1. The second kappa shape index (κ2) is 8.29. The molecular weight excluding hydrogens is 268 g/mol. The maximum Gasteiger partial charge on any atom is 0.335 e. The van der Waals surface area contributed by atoms with Crippen LogP contribution in [0.5, 0.6) is 0 Å². The molecule has 116 valence electrons. The van der Waals surface area contributed by atoms with Crippen molar-refractivity contribution in [1.82, 2.24) is 4.90 Å². The zero-order valence-electron chi connectivity index (χ0n) is 12.9. The van der Waals surface area contributed by atoms with E-state index in [9.17, 15) is 9.59 Å². The Morgan fingerprint density at radius 3 is 2.57 bits per heavy atom. The van der Waals surface area contributed by atoms with Crippen LogP contribution in [0.4, 0.5) is 10.5 Å². The minimum Gasteiger partial charge on any atom is -0.478 e. The lowest BCUT2D eigenvalue weighted by atomic mass is 10.2. The van der Waals surface area contributed by atoms with Gasteiger partial charge < -0.3 is 15.3 Å². The summed E-state index contributed by atoms with van der Waals surface area (Å²) in [5.41, 5.74) is 0.663. The molecule has 0 aromatic heterocycles. The molecule has 5 nitrogen and oxygen atoms in total. The van der Waals surface area contributed by atoms with E-state index in [2.05, 4.69) is 12.2 Å². The molecule has 0 unspecified atom stereocenters. The summed E-state index contributed by atoms with van der Waals surface area (Å²) in [6.07, 6.45) is 3.16. The molecule has 0 atom stereocenters. The van der Waals surface area contributed by atoms with Gasteiger partial charge in [0.2, 0.25) is 0 Å². The summed E-state index contributed by atoms with van der Waals surface area (Å²) < 4.78 is 0. The van der Waals surface area contributed by atoms with Crippen molar-refractivity contribution in [3.05, 3.63) is 29.8 Å². The fourth-order valence-corrected chi connectivity index (χ4v) is 2.05. The topological polar surface area (TPSA) is 69.6 Å². The third-order valence-corrected chi connectivity index (χ3v) is 3.25. The van der Waals surface area contributed by atoms with E-state index in [1.807, 2.05) is 13.8 Å². The molecule has 0 spiro atoms. The van der Waals surface area contributed by atoms with E-state index in [1.165, 1.54) is 12.1 Å². The monoisotopic (exact) mass is 292 g/mol. The van der Waals surface area contributed by atoms with Crippen molar-refractivity contribution in [2.75, 3.05) is 11.9 Å². The number of rotatable bonds is 7. The van der Waals surface area contributed by atoms with E-state index < -0.39 is 5.97 Å². The highest BCUT2D eigenvalue weighted by Crippen LogP contribution is 2.13. The Labute approximate surface area is 126 Å². The molecule has 1 aromatic carbocycles. The number of nitrogens with zero attached hydrogens (tertiary/aromatic N) is 1. The van der Waals surface area contributed by atoms with Gasteiger partial charge in [0.15, 0.2) is 0 Å². The number of hydrogen-bond donors (Lipinski definition) is 2. The first-order valence-corrected chi connectivity index (χ1v) is 7.36. The summed E-state index contributed by atoms with van der Waals surface area (Å²) >= 11 is 0. The van der Waals surface area contributed by atoms with Crippen LogP contribution in [-0.2, 0) is 0 Å². The zero-order valence-corrected chi connectivity index (χ0v) is 12.9. The summed E-state index contributed by atoms with van der Waals surface area (Å²) in [5, 5.41) is 11.7. The van der Waals surface area contributed by atoms with Crippen LogP contribution in [0.25, 0.3) is 0 Å². The van der Waals surface area contributed by atoms with Crippen LogP contribution < -0.4 is 5.32 Å². The first-order valence-electron chi connectivity index (χ1n) is 7.36. The van der Waals surface area contributed by atoms with Gasteiger partial charge in [0.1, 0.15) is 0 Å². The molecule has 0 aliphatic heterocycles. The van der Waals surface area contributed by atoms with E-state index in [-0.39, 0.29) is 17.6 Å². The smallest absolute Gasteiger partial charge is 0.335 e. The average molecular weight is 292 g/mol. The van der Waals surface area contributed by atoms with Gasteiger partial charge in [0.25, 0.3) is 0 Å². The standard InChI is InChI=1S/C16H24N2O3/c1-4-5-6-10-18(12(2)3)16(21)17-14-9-7-8-13(11-14)15(19)20/h7-9,11-12H,4-6,10H2,1-3H3,(H,17,21)(H,19,20). The average Bonchev–Trinajstić information content (AvgIpc) is 2.43. The lowest BCUT2D eigenvalue weighted by Gasteiger charge is -2.27. The van der Waals surface area contributed by atoms with Crippen molar-refractivity contribution in [2.24, 2.45) is 0 Å². The Hall–Kier alpha value is -2.04. The Morgan fingerprint density at radius 1 is 1.29 bits per heavy atom. The van der Waals surface area contributed by atoms with Gasteiger partial charge in [-0.25, -0.2) is 9.59 Å². The lowest BCUT2D eigenvalue weighted by molar-refractivity contribution is 0.0697. The van der Waals surface area contributed by atoms with Crippen LogP contribution in [0.15, 0.2) is 24.3 Å². The van der Waals surface area contributed by atoms with Crippen LogP contribution >= 0.6 is 0 Å². The highest BCUT2D eigenvalue weighted by molar-refractivity contribution is 5.93. The van der Waals surface area contributed by atoms with Crippen molar-refractivity contribution in [3.63, 3.8) is 0 Å². The third kappa shape index (κ3) is 5.45. The Kier molecular flexibility index (Phi) is 6.72. The maximum atomic E-state index is 12.3. The number of carbonyl (C=O) groups is 2. The van der Waals surface area contributed by atoms with E-state index in [4.69, 9.17) is 5.11 Å². The molecule has 0 bridgehead atoms. The van der Waals surface area contributed by atoms with E-state index in [0.717, 1.165) is 19.3 Å². The van der Waals surface area contributed by atoms with E-state index in [0.29, 0.717) is 12.2 Å². The van der Waals surface area contributed by atoms with Crippen molar-refractivity contribution >= 4 is 17.7 Å². The van der Waals surface area contributed by atoms with Gasteiger partial charge in [-0.1, -0.05) is 25.8 Å². The predicted octanol–water partition coefficient (Wildman–Crippen LogP) is 3.82. The fourth-order valence-electron chi connectivity index (χ4n) is 2.05. The molecule has 21 heavy (non-hydrogen) atoms.